The molecule has 0 aromatic carbocycles. The number of fused-ring (bicyclic) bond motifs is 2. The van der Waals surface area contributed by atoms with Crippen LogP contribution in [0.5, 0.6) is 0 Å². The lowest BCUT2D eigenvalue weighted by atomic mass is 9.82. The summed E-state index contributed by atoms with van der Waals surface area (Å²) in [5, 5.41) is 0. The van der Waals surface area contributed by atoms with Gasteiger partial charge in [-0.05, 0) is 57.9 Å². The van der Waals surface area contributed by atoms with Crippen molar-refractivity contribution in [2.45, 2.75) is 64.0 Å². The SMILES string of the molecule is Cc1nccc(N2C3CCC2CC(=C2CCC2)C3)n1. The summed E-state index contributed by atoms with van der Waals surface area (Å²) in [5.74, 6) is 2.04. The monoisotopic (exact) mass is 255 g/mol. The van der Waals surface area contributed by atoms with Crippen molar-refractivity contribution in [3.05, 3.63) is 29.2 Å². The number of rotatable bonds is 1. The second kappa shape index (κ2) is 4.32. The lowest BCUT2D eigenvalue weighted by Gasteiger charge is -2.39. The van der Waals surface area contributed by atoms with Crippen molar-refractivity contribution >= 4 is 5.82 Å². The van der Waals surface area contributed by atoms with Gasteiger partial charge in [-0.3, -0.25) is 0 Å². The molecule has 1 saturated carbocycles. The Hall–Kier alpha value is -1.38. The smallest absolute Gasteiger partial charge is 0.132 e. The molecule has 3 fully saturated rings. The van der Waals surface area contributed by atoms with Crippen molar-refractivity contribution in [1.82, 2.24) is 9.97 Å². The quantitative estimate of drug-likeness (QED) is 0.720. The fraction of sp³-hybridized carbons (Fsp3) is 0.625. The standard InChI is InChI=1S/C16H21N3/c1-11-17-8-7-16(18-11)19-14-5-6-15(19)10-13(9-14)12-3-2-4-12/h7-8,14-15H,2-6,9-10H2,1H3. The summed E-state index contributed by atoms with van der Waals surface area (Å²) in [7, 11) is 0. The second-order valence-electron chi connectivity index (χ2n) is 6.22. The highest BCUT2D eigenvalue weighted by Crippen LogP contribution is 2.44. The number of allylic oxidation sites excluding steroid dienone is 1. The third kappa shape index (κ3) is 1.87. The minimum absolute atomic E-state index is 0.691. The Morgan fingerprint density at radius 3 is 2.42 bits per heavy atom. The van der Waals surface area contributed by atoms with Gasteiger partial charge in [0.25, 0.3) is 0 Å². The number of hydrogen-bond acceptors (Lipinski definition) is 3. The molecular weight excluding hydrogens is 234 g/mol. The number of nitrogens with zero attached hydrogens (tertiary/aromatic N) is 3. The summed E-state index contributed by atoms with van der Waals surface area (Å²) in [6.07, 6.45) is 11.3. The Kier molecular flexibility index (Phi) is 2.61. The molecule has 0 amide bonds. The maximum atomic E-state index is 4.64. The second-order valence-corrected chi connectivity index (χ2v) is 6.22. The van der Waals surface area contributed by atoms with Crippen molar-refractivity contribution in [2.24, 2.45) is 0 Å². The summed E-state index contributed by atoms with van der Waals surface area (Å²) in [5.41, 5.74) is 3.58. The number of anilines is 1. The topological polar surface area (TPSA) is 29.0 Å². The van der Waals surface area contributed by atoms with Crippen molar-refractivity contribution in [3.8, 4) is 0 Å². The van der Waals surface area contributed by atoms with Crippen LogP contribution >= 0.6 is 0 Å². The zero-order valence-electron chi connectivity index (χ0n) is 11.6. The molecule has 2 bridgehead atoms. The molecule has 1 aliphatic carbocycles. The third-order valence-corrected chi connectivity index (χ3v) is 5.07. The van der Waals surface area contributed by atoms with E-state index in [0.29, 0.717) is 12.1 Å². The van der Waals surface area contributed by atoms with E-state index in [9.17, 15) is 0 Å². The van der Waals surface area contributed by atoms with Crippen molar-refractivity contribution < 1.29 is 0 Å². The van der Waals surface area contributed by atoms with Gasteiger partial charge in [0.2, 0.25) is 0 Å². The molecule has 3 aliphatic rings. The molecule has 3 heteroatoms. The number of aromatic nitrogens is 2. The minimum atomic E-state index is 0.691. The number of piperidine rings is 1. The average Bonchev–Trinajstić information content (AvgIpc) is 2.59. The Bertz CT molecular complexity index is 513. The molecule has 2 unspecified atom stereocenters. The van der Waals surface area contributed by atoms with E-state index in [2.05, 4.69) is 20.9 Å². The molecule has 0 spiro atoms. The Labute approximate surface area is 114 Å². The zero-order valence-corrected chi connectivity index (χ0v) is 11.6. The van der Waals surface area contributed by atoms with Gasteiger partial charge in [0.05, 0.1) is 0 Å². The maximum Gasteiger partial charge on any atom is 0.132 e. The van der Waals surface area contributed by atoms with Gasteiger partial charge in [0, 0.05) is 18.3 Å². The van der Waals surface area contributed by atoms with Crippen molar-refractivity contribution in [1.29, 1.82) is 0 Å². The molecule has 2 aliphatic heterocycles. The third-order valence-electron chi connectivity index (χ3n) is 5.07. The first-order chi connectivity index (χ1) is 9.31. The molecule has 0 radical (unpaired) electrons. The van der Waals surface area contributed by atoms with Gasteiger partial charge in [0.15, 0.2) is 0 Å². The Morgan fingerprint density at radius 2 is 1.84 bits per heavy atom. The predicted molar refractivity (Wildman–Crippen MR) is 76.2 cm³/mol. The molecule has 19 heavy (non-hydrogen) atoms. The maximum absolute atomic E-state index is 4.64. The highest BCUT2D eigenvalue weighted by molar-refractivity contribution is 5.46. The van der Waals surface area contributed by atoms with E-state index in [1.54, 1.807) is 11.1 Å². The van der Waals surface area contributed by atoms with Gasteiger partial charge < -0.3 is 4.90 Å². The van der Waals surface area contributed by atoms with Crippen LogP contribution in [0.2, 0.25) is 0 Å². The van der Waals surface area contributed by atoms with Crippen LogP contribution < -0.4 is 4.90 Å². The van der Waals surface area contributed by atoms with E-state index in [1.807, 2.05) is 13.1 Å². The highest BCUT2D eigenvalue weighted by atomic mass is 15.3. The van der Waals surface area contributed by atoms with Crippen LogP contribution in [0.25, 0.3) is 0 Å². The molecule has 4 rings (SSSR count). The molecule has 0 N–H and O–H groups in total. The predicted octanol–water partition coefficient (Wildman–Crippen LogP) is 3.40. The first-order valence-electron chi connectivity index (χ1n) is 7.59. The van der Waals surface area contributed by atoms with E-state index in [4.69, 9.17) is 0 Å². The van der Waals surface area contributed by atoms with Gasteiger partial charge in [-0.15, -0.1) is 0 Å². The van der Waals surface area contributed by atoms with Crippen LogP contribution in [0.4, 0.5) is 5.82 Å². The summed E-state index contributed by atoms with van der Waals surface area (Å²) in [6, 6.07) is 3.46. The van der Waals surface area contributed by atoms with E-state index in [0.717, 1.165) is 11.6 Å². The lowest BCUT2D eigenvalue weighted by Crippen LogP contribution is -2.41. The number of hydrogen-bond donors (Lipinski definition) is 0. The first-order valence-corrected chi connectivity index (χ1v) is 7.59. The van der Waals surface area contributed by atoms with Crippen molar-refractivity contribution in [2.75, 3.05) is 4.90 Å². The van der Waals surface area contributed by atoms with Crippen LogP contribution in [0.1, 0.15) is 50.8 Å². The van der Waals surface area contributed by atoms with Crippen LogP contribution in [0.3, 0.4) is 0 Å². The summed E-state index contributed by atoms with van der Waals surface area (Å²) in [4.78, 5) is 11.4. The molecule has 2 saturated heterocycles. The Balaban J connectivity index is 1.63. The fourth-order valence-electron chi connectivity index (χ4n) is 3.97. The summed E-state index contributed by atoms with van der Waals surface area (Å²) < 4.78 is 0. The van der Waals surface area contributed by atoms with Crippen LogP contribution in [-0.4, -0.2) is 22.1 Å². The zero-order chi connectivity index (χ0) is 12.8. The molecule has 3 nitrogen and oxygen atoms in total. The molecule has 3 heterocycles. The largest absolute Gasteiger partial charge is 0.350 e. The van der Waals surface area contributed by atoms with Gasteiger partial charge in [-0.2, -0.15) is 0 Å². The lowest BCUT2D eigenvalue weighted by molar-refractivity contribution is 0.518. The van der Waals surface area contributed by atoms with Gasteiger partial charge in [-0.25, -0.2) is 9.97 Å². The summed E-state index contributed by atoms with van der Waals surface area (Å²) in [6.45, 7) is 1.98. The molecular formula is C16H21N3. The van der Waals surface area contributed by atoms with E-state index < -0.39 is 0 Å². The average molecular weight is 255 g/mol. The minimum Gasteiger partial charge on any atom is -0.350 e. The molecule has 100 valence electrons. The van der Waals surface area contributed by atoms with Gasteiger partial charge in [0.1, 0.15) is 11.6 Å². The summed E-state index contributed by atoms with van der Waals surface area (Å²) >= 11 is 0. The molecule has 2 atom stereocenters. The fourth-order valence-corrected chi connectivity index (χ4v) is 3.97. The Morgan fingerprint density at radius 1 is 1.11 bits per heavy atom. The van der Waals surface area contributed by atoms with E-state index in [-0.39, 0.29) is 0 Å². The normalized spacial score (nSPS) is 29.6. The first kappa shape index (κ1) is 11.4. The van der Waals surface area contributed by atoms with Crippen molar-refractivity contribution in [3.63, 3.8) is 0 Å². The van der Waals surface area contributed by atoms with Crippen LogP contribution in [0, 0.1) is 6.92 Å². The number of aryl methyl sites for hydroxylation is 1. The van der Waals surface area contributed by atoms with E-state index in [1.165, 1.54) is 44.9 Å². The highest BCUT2D eigenvalue weighted by Gasteiger charge is 2.40. The van der Waals surface area contributed by atoms with Gasteiger partial charge >= 0.3 is 0 Å². The molecule has 1 aromatic heterocycles. The molecule has 1 aromatic rings. The van der Waals surface area contributed by atoms with Gasteiger partial charge in [-0.1, -0.05) is 11.1 Å². The van der Waals surface area contributed by atoms with Crippen LogP contribution in [0.15, 0.2) is 23.4 Å². The van der Waals surface area contributed by atoms with E-state index >= 15 is 0 Å². The van der Waals surface area contributed by atoms with Crippen LogP contribution in [-0.2, 0) is 0 Å².